The van der Waals surface area contributed by atoms with Crippen LogP contribution in [0.25, 0.3) is 0 Å². The quantitative estimate of drug-likeness (QED) is 0.597. The maximum absolute atomic E-state index is 13.0. The number of ether oxygens (including phenoxy) is 1. The molecule has 1 aromatic rings. The minimum Gasteiger partial charge on any atom is -0.491 e. The van der Waals surface area contributed by atoms with Gasteiger partial charge in [-0.1, -0.05) is 13.8 Å². The molecule has 3 fully saturated rings. The lowest BCUT2D eigenvalue weighted by atomic mass is 9.98. The van der Waals surface area contributed by atoms with E-state index in [0.717, 1.165) is 12.1 Å². The number of nitrogens with zero attached hydrogens (tertiary/aromatic N) is 1. The highest BCUT2D eigenvalue weighted by Crippen LogP contribution is 2.41. The van der Waals surface area contributed by atoms with E-state index in [0.29, 0.717) is 42.2 Å². The van der Waals surface area contributed by atoms with E-state index in [-0.39, 0.29) is 23.8 Å². The molecule has 2 N–H and O–H groups in total. The molecule has 3 saturated carbocycles. The van der Waals surface area contributed by atoms with Gasteiger partial charge in [-0.2, -0.15) is 0 Å². The van der Waals surface area contributed by atoms with Crippen LogP contribution in [0.2, 0.25) is 0 Å². The summed E-state index contributed by atoms with van der Waals surface area (Å²) in [5.74, 6) is 1.85. The smallest absolute Gasteiger partial charge is 0.273 e. The minimum atomic E-state index is -0.288. The standard InChI is InChI=1S/C23H33N3O3/c1-3-19(14(2)22(27)25-11-15-4-5-15)26-23(28)21-20(29-13-16-6-7-16)10-18(12-24-21)17-8-9-17/h10,12,14-17,19H,3-9,11,13H2,1-2H3,(H,25,27)(H,26,28). The van der Waals surface area contributed by atoms with Crippen LogP contribution in [0.5, 0.6) is 5.75 Å². The van der Waals surface area contributed by atoms with Gasteiger partial charge in [-0.05, 0) is 74.3 Å². The Labute approximate surface area is 173 Å². The molecule has 2 unspecified atom stereocenters. The van der Waals surface area contributed by atoms with E-state index in [9.17, 15) is 9.59 Å². The lowest BCUT2D eigenvalue weighted by Gasteiger charge is -2.24. The Bertz CT molecular complexity index is 754. The highest BCUT2D eigenvalue weighted by Gasteiger charge is 2.30. The van der Waals surface area contributed by atoms with Crippen LogP contribution in [0.3, 0.4) is 0 Å². The van der Waals surface area contributed by atoms with Gasteiger partial charge in [-0.3, -0.25) is 9.59 Å². The highest BCUT2D eigenvalue weighted by atomic mass is 16.5. The molecule has 0 saturated heterocycles. The number of rotatable bonds is 11. The molecule has 0 aromatic carbocycles. The summed E-state index contributed by atoms with van der Waals surface area (Å²) >= 11 is 0. The van der Waals surface area contributed by atoms with E-state index in [2.05, 4.69) is 15.6 Å². The third-order valence-electron chi connectivity index (χ3n) is 6.34. The fourth-order valence-corrected chi connectivity index (χ4v) is 3.60. The van der Waals surface area contributed by atoms with Crippen molar-refractivity contribution in [3.05, 3.63) is 23.5 Å². The Morgan fingerprint density at radius 1 is 1.17 bits per heavy atom. The van der Waals surface area contributed by atoms with Gasteiger partial charge in [0.1, 0.15) is 0 Å². The van der Waals surface area contributed by atoms with E-state index in [4.69, 9.17) is 4.74 Å². The first-order valence-corrected chi connectivity index (χ1v) is 11.3. The predicted molar refractivity (Wildman–Crippen MR) is 111 cm³/mol. The Kier molecular flexibility index (Phi) is 6.07. The first-order chi connectivity index (χ1) is 14.0. The Morgan fingerprint density at radius 2 is 1.90 bits per heavy atom. The molecule has 29 heavy (non-hydrogen) atoms. The lowest BCUT2D eigenvalue weighted by molar-refractivity contribution is -0.125. The van der Waals surface area contributed by atoms with Crippen molar-refractivity contribution in [3.63, 3.8) is 0 Å². The van der Waals surface area contributed by atoms with Crippen LogP contribution >= 0.6 is 0 Å². The molecule has 4 rings (SSSR count). The van der Waals surface area contributed by atoms with Gasteiger partial charge in [-0.15, -0.1) is 0 Å². The molecule has 3 aliphatic rings. The van der Waals surface area contributed by atoms with Crippen LogP contribution in [0.4, 0.5) is 0 Å². The van der Waals surface area contributed by atoms with Crippen molar-refractivity contribution in [2.45, 2.75) is 70.8 Å². The fourth-order valence-electron chi connectivity index (χ4n) is 3.60. The number of hydrogen-bond donors (Lipinski definition) is 2. The maximum atomic E-state index is 13.0. The molecule has 0 radical (unpaired) electrons. The van der Waals surface area contributed by atoms with Crippen LogP contribution < -0.4 is 15.4 Å². The van der Waals surface area contributed by atoms with Gasteiger partial charge >= 0.3 is 0 Å². The number of carbonyl (C=O) groups excluding carboxylic acids is 2. The topological polar surface area (TPSA) is 80.3 Å². The Hall–Kier alpha value is -2.11. The molecule has 0 aliphatic heterocycles. The molecule has 158 valence electrons. The second kappa shape index (κ2) is 8.72. The van der Waals surface area contributed by atoms with Crippen molar-refractivity contribution in [3.8, 4) is 5.75 Å². The maximum Gasteiger partial charge on any atom is 0.273 e. The third kappa shape index (κ3) is 5.49. The monoisotopic (exact) mass is 399 g/mol. The number of hydrogen-bond acceptors (Lipinski definition) is 4. The number of pyridine rings is 1. The first-order valence-electron chi connectivity index (χ1n) is 11.3. The predicted octanol–water partition coefficient (Wildman–Crippen LogP) is 3.42. The van der Waals surface area contributed by atoms with Crippen LogP contribution in [0.15, 0.2) is 12.3 Å². The summed E-state index contributed by atoms with van der Waals surface area (Å²) in [7, 11) is 0. The molecule has 2 atom stereocenters. The molecule has 1 aromatic heterocycles. The molecule has 6 heteroatoms. The highest BCUT2D eigenvalue weighted by molar-refractivity contribution is 5.95. The minimum absolute atomic E-state index is 0.00583. The number of amides is 2. The molecule has 3 aliphatic carbocycles. The third-order valence-corrected chi connectivity index (χ3v) is 6.34. The van der Waals surface area contributed by atoms with Crippen molar-refractivity contribution in [2.24, 2.45) is 17.8 Å². The lowest BCUT2D eigenvalue weighted by Crippen LogP contribution is -2.46. The summed E-state index contributed by atoms with van der Waals surface area (Å²) in [6.07, 6.45) is 9.65. The van der Waals surface area contributed by atoms with Crippen molar-refractivity contribution >= 4 is 11.8 Å². The average Bonchev–Trinajstić information content (AvgIpc) is 3.59. The first kappa shape index (κ1) is 20.2. The van der Waals surface area contributed by atoms with Crippen LogP contribution in [0, 0.1) is 17.8 Å². The molecule has 1 heterocycles. The summed E-state index contributed by atoms with van der Waals surface area (Å²) in [6.45, 7) is 5.26. The van der Waals surface area contributed by atoms with E-state index < -0.39 is 0 Å². The van der Waals surface area contributed by atoms with Gasteiger partial charge in [0.05, 0.1) is 12.5 Å². The van der Waals surface area contributed by atoms with Gasteiger partial charge in [0.2, 0.25) is 5.91 Å². The SMILES string of the molecule is CCC(NC(=O)c1ncc(C2CC2)cc1OCC1CC1)C(C)C(=O)NCC1CC1. The zero-order valence-electron chi connectivity index (χ0n) is 17.6. The van der Waals surface area contributed by atoms with Gasteiger partial charge in [0.25, 0.3) is 5.91 Å². The van der Waals surface area contributed by atoms with E-state index in [1.807, 2.05) is 26.1 Å². The summed E-state index contributed by atoms with van der Waals surface area (Å²) in [5, 5.41) is 6.05. The second-order valence-electron chi connectivity index (χ2n) is 9.11. The average molecular weight is 400 g/mol. The van der Waals surface area contributed by atoms with Gasteiger partial charge < -0.3 is 15.4 Å². The van der Waals surface area contributed by atoms with Crippen molar-refractivity contribution in [1.82, 2.24) is 15.6 Å². The van der Waals surface area contributed by atoms with Crippen molar-refractivity contribution < 1.29 is 14.3 Å². The molecule has 0 spiro atoms. The molecule has 2 amide bonds. The summed E-state index contributed by atoms with van der Waals surface area (Å²) in [5.41, 5.74) is 1.49. The number of nitrogens with one attached hydrogen (secondary N) is 2. The van der Waals surface area contributed by atoms with Crippen molar-refractivity contribution in [2.75, 3.05) is 13.2 Å². The van der Waals surface area contributed by atoms with Crippen LogP contribution in [0.1, 0.15) is 80.8 Å². The van der Waals surface area contributed by atoms with E-state index in [1.54, 1.807) is 0 Å². The Balaban J connectivity index is 1.41. The van der Waals surface area contributed by atoms with E-state index >= 15 is 0 Å². The van der Waals surface area contributed by atoms with E-state index in [1.165, 1.54) is 38.5 Å². The van der Waals surface area contributed by atoms with Crippen molar-refractivity contribution in [1.29, 1.82) is 0 Å². The summed E-state index contributed by atoms with van der Waals surface area (Å²) in [6, 6.07) is 1.76. The van der Waals surface area contributed by atoms with Crippen LogP contribution in [-0.4, -0.2) is 36.0 Å². The molecule has 0 bridgehead atoms. The van der Waals surface area contributed by atoms with Gasteiger partial charge in [0.15, 0.2) is 11.4 Å². The fraction of sp³-hybridized carbons (Fsp3) is 0.696. The largest absolute Gasteiger partial charge is 0.491 e. The summed E-state index contributed by atoms with van der Waals surface area (Å²) in [4.78, 5) is 29.9. The van der Waals surface area contributed by atoms with Gasteiger partial charge in [-0.25, -0.2) is 4.98 Å². The zero-order chi connectivity index (χ0) is 20.4. The molecule has 6 nitrogen and oxygen atoms in total. The summed E-state index contributed by atoms with van der Waals surface area (Å²) < 4.78 is 5.99. The molecular weight excluding hydrogens is 366 g/mol. The van der Waals surface area contributed by atoms with Crippen LogP contribution in [-0.2, 0) is 4.79 Å². The second-order valence-corrected chi connectivity index (χ2v) is 9.11. The van der Waals surface area contributed by atoms with Gasteiger partial charge in [0, 0.05) is 18.8 Å². The Morgan fingerprint density at radius 3 is 2.52 bits per heavy atom. The zero-order valence-corrected chi connectivity index (χ0v) is 17.6. The number of aromatic nitrogens is 1. The molecular formula is C23H33N3O3. The number of carbonyl (C=O) groups is 2. The normalized spacial score (nSPS) is 20.6.